The molecule has 0 amide bonds. The molecule has 1 fully saturated rings. The quantitative estimate of drug-likeness (QED) is 0.846. The van der Waals surface area contributed by atoms with Crippen LogP contribution in [0, 0.1) is 5.82 Å². The van der Waals surface area contributed by atoms with Gasteiger partial charge >= 0.3 is 0 Å². The number of likely N-dealkylation sites (N-methyl/N-ethyl adjacent to an activating group) is 2. The fraction of sp³-hybridized carbons (Fsp3) is 0.533. The van der Waals surface area contributed by atoms with E-state index in [1.54, 1.807) is 6.07 Å². The van der Waals surface area contributed by atoms with E-state index in [1.165, 1.54) is 31.5 Å². The highest BCUT2D eigenvalue weighted by molar-refractivity contribution is 7.80. The maximum Gasteiger partial charge on any atom is 0.124 e. The molecule has 1 aromatic rings. The second-order valence-electron chi connectivity index (χ2n) is 5.33. The molecule has 0 spiro atoms. The van der Waals surface area contributed by atoms with E-state index in [4.69, 9.17) is 18.0 Å². The van der Waals surface area contributed by atoms with Crippen molar-refractivity contribution in [3.05, 3.63) is 29.6 Å². The van der Waals surface area contributed by atoms with Crippen LogP contribution < -0.4 is 10.6 Å². The molecule has 0 aliphatic carbocycles. The number of rotatable bonds is 5. The molecular formula is C15H22FN3S. The molecule has 0 radical (unpaired) electrons. The first-order valence-corrected chi connectivity index (χ1v) is 7.48. The Morgan fingerprint density at radius 2 is 2.30 bits per heavy atom. The van der Waals surface area contributed by atoms with Gasteiger partial charge in [0.25, 0.3) is 0 Å². The largest absolute Gasteiger partial charge is 0.389 e. The molecule has 110 valence electrons. The highest BCUT2D eigenvalue weighted by Crippen LogP contribution is 2.24. The summed E-state index contributed by atoms with van der Waals surface area (Å²) in [6.45, 7) is 5.34. The molecule has 0 bridgehead atoms. The molecule has 1 saturated heterocycles. The fourth-order valence-corrected chi connectivity index (χ4v) is 3.13. The number of halogens is 1. The Morgan fingerprint density at radius 3 is 2.95 bits per heavy atom. The zero-order chi connectivity index (χ0) is 14.7. The number of thiocarbonyl (C=S) groups is 1. The highest BCUT2D eigenvalue weighted by atomic mass is 32.1. The third kappa shape index (κ3) is 3.27. The van der Waals surface area contributed by atoms with E-state index in [2.05, 4.69) is 16.7 Å². The average molecular weight is 295 g/mol. The summed E-state index contributed by atoms with van der Waals surface area (Å²) in [6, 6.07) is 5.18. The SMILES string of the molecule is CCN1CCCC1CN(C)c1ccc(F)cc1C(N)=S. The zero-order valence-electron chi connectivity index (χ0n) is 12.1. The van der Waals surface area contributed by atoms with Crippen molar-refractivity contribution in [3.63, 3.8) is 0 Å². The summed E-state index contributed by atoms with van der Waals surface area (Å²) in [7, 11) is 2.02. The second-order valence-corrected chi connectivity index (χ2v) is 5.77. The van der Waals surface area contributed by atoms with Crippen molar-refractivity contribution in [1.29, 1.82) is 0 Å². The molecule has 2 rings (SSSR count). The van der Waals surface area contributed by atoms with E-state index < -0.39 is 0 Å². The monoisotopic (exact) mass is 295 g/mol. The van der Waals surface area contributed by atoms with Crippen molar-refractivity contribution in [2.45, 2.75) is 25.8 Å². The summed E-state index contributed by atoms with van der Waals surface area (Å²) in [5.41, 5.74) is 7.23. The van der Waals surface area contributed by atoms with Gasteiger partial charge in [-0.25, -0.2) is 4.39 Å². The maximum atomic E-state index is 13.4. The van der Waals surface area contributed by atoms with Gasteiger partial charge in [-0.2, -0.15) is 0 Å². The Bertz CT molecular complexity index is 492. The number of hydrogen-bond acceptors (Lipinski definition) is 3. The van der Waals surface area contributed by atoms with Crippen LogP contribution in [-0.4, -0.2) is 42.6 Å². The van der Waals surface area contributed by atoms with Crippen LogP contribution in [0.2, 0.25) is 0 Å². The van der Waals surface area contributed by atoms with E-state index in [9.17, 15) is 4.39 Å². The predicted molar refractivity (Wildman–Crippen MR) is 85.8 cm³/mol. The Balaban J connectivity index is 2.16. The number of anilines is 1. The first-order valence-electron chi connectivity index (χ1n) is 7.07. The summed E-state index contributed by atoms with van der Waals surface area (Å²) in [6.07, 6.45) is 2.46. The van der Waals surface area contributed by atoms with E-state index in [0.717, 1.165) is 18.8 Å². The standard InChI is InChI=1S/C15H22FN3S/c1-3-19-8-4-5-12(19)10-18(2)14-7-6-11(16)9-13(14)15(17)20/h6-7,9,12H,3-5,8,10H2,1-2H3,(H2,17,20). The van der Waals surface area contributed by atoms with Gasteiger partial charge in [0.15, 0.2) is 0 Å². The van der Waals surface area contributed by atoms with Gasteiger partial charge in [-0.3, -0.25) is 4.90 Å². The van der Waals surface area contributed by atoms with Gasteiger partial charge in [0.2, 0.25) is 0 Å². The molecule has 1 heterocycles. The number of nitrogens with two attached hydrogens (primary N) is 1. The Morgan fingerprint density at radius 1 is 1.55 bits per heavy atom. The molecule has 0 saturated carbocycles. The minimum atomic E-state index is -0.305. The molecule has 1 atom stereocenters. The smallest absolute Gasteiger partial charge is 0.124 e. The lowest BCUT2D eigenvalue weighted by Crippen LogP contribution is -2.39. The van der Waals surface area contributed by atoms with Crippen molar-refractivity contribution in [2.24, 2.45) is 5.73 Å². The summed E-state index contributed by atoms with van der Waals surface area (Å²) >= 11 is 5.03. The number of nitrogens with zero attached hydrogens (tertiary/aromatic N) is 2. The summed E-state index contributed by atoms with van der Waals surface area (Å²) in [5.74, 6) is -0.305. The van der Waals surface area contributed by atoms with E-state index in [1.807, 2.05) is 7.05 Å². The summed E-state index contributed by atoms with van der Waals surface area (Å²) < 4.78 is 13.4. The van der Waals surface area contributed by atoms with Gasteiger partial charge in [0.05, 0.1) is 0 Å². The number of hydrogen-bond donors (Lipinski definition) is 1. The molecule has 20 heavy (non-hydrogen) atoms. The Kier molecular flexibility index (Phi) is 4.94. The average Bonchev–Trinajstić information content (AvgIpc) is 2.85. The van der Waals surface area contributed by atoms with E-state index in [0.29, 0.717) is 11.6 Å². The molecule has 0 aromatic heterocycles. The van der Waals surface area contributed by atoms with Crippen LogP contribution in [-0.2, 0) is 0 Å². The van der Waals surface area contributed by atoms with Crippen LogP contribution >= 0.6 is 12.2 Å². The highest BCUT2D eigenvalue weighted by Gasteiger charge is 2.25. The first-order chi connectivity index (χ1) is 9.52. The molecule has 1 aliphatic heterocycles. The Labute approximate surface area is 125 Å². The Hall–Kier alpha value is -1.20. The number of likely N-dealkylation sites (tertiary alicyclic amines) is 1. The normalized spacial score (nSPS) is 19.2. The molecule has 1 aliphatic rings. The van der Waals surface area contributed by atoms with Gasteiger partial charge in [-0.15, -0.1) is 0 Å². The van der Waals surface area contributed by atoms with Crippen LogP contribution in [0.5, 0.6) is 0 Å². The number of benzene rings is 1. The fourth-order valence-electron chi connectivity index (χ4n) is 2.97. The van der Waals surface area contributed by atoms with Crippen molar-refractivity contribution < 1.29 is 4.39 Å². The van der Waals surface area contributed by atoms with E-state index >= 15 is 0 Å². The van der Waals surface area contributed by atoms with Crippen molar-refractivity contribution >= 4 is 22.9 Å². The lowest BCUT2D eigenvalue weighted by atomic mass is 10.1. The van der Waals surface area contributed by atoms with Crippen LogP contribution in [0.3, 0.4) is 0 Å². The topological polar surface area (TPSA) is 32.5 Å². The van der Waals surface area contributed by atoms with Gasteiger partial charge in [-0.1, -0.05) is 19.1 Å². The van der Waals surface area contributed by atoms with Crippen LogP contribution in [0.1, 0.15) is 25.3 Å². The summed E-state index contributed by atoms with van der Waals surface area (Å²) in [5, 5.41) is 0. The minimum Gasteiger partial charge on any atom is -0.389 e. The zero-order valence-corrected chi connectivity index (χ0v) is 12.9. The molecule has 2 N–H and O–H groups in total. The second kappa shape index (κ2) is 6.50. The minimum absolute atomic E-state index is 0.241. The van der Waals surface area contributed by atoms with Crippen molar-refractivity contribution in [3.8, 4) is 0 Å². The van der Waals surface area contributed by atoms with Gasteiger partial charge in [0, 0.05) is 30.9 Å². The first kappa shape index (κ1) is 15.2. The molecular weight excluding hydrogens is 273 g/mol. The lowest BCUT2D eigenvalue weighted by molar-refractivity contribution is 0.270. The van der Waals surface area contributed by atoms with Gasteiger partial charge < -0.3 is 10.6 Å². The van der Waals surface area contributed by atoms with Crippen molar-refractivity contribution in [1.82, 2.24) is 4.90 Å². The van der Waals surface area contributed by atoms with Crippen LogP contribution in [0.25, 0.3) is 0 Å². The summed E-state index contributed by atoms with van der Waals surface area (Å²) in [4.78, 5) is 4.86. The van der Waals surface area contributed by atoms with Gasteiger partial charge in [-0.05, 0) is 44.1 Å². The van der Waals surface area contributed by atoms with Gasteiger partial charge in [0.1, 0.15) is 10.8 Å². The van der Waals surface area contributed by atoms with Crippen molar-refractivity contribution in [2.75, 3.05) is 31.6 Å². The third-order valence-electron chi connectivity index (χ3n) is 4.03. The predicted octanol–water partition coefficient (Wildman–Crippen LogP) is 2.38. The maximum absolute atomic E-state index is 13.4. The lowest BCUT2D eigenvalue weighted by Gasteiger charge is -2.30. The molecule has 3 nitrogen and oxygen atoms in total. The van der Waals surface area contributed by atoms with Crippen LogP contribution in [0.4, 0.5) is 10.1 Å². The van der Waals surface area contributed by atoms with E-state index in [-0.39, 0.29) is 10.8 Å². The van der Waals surface area contributed by atoms with Crippen LogP contribution in [0.15, 0.2) is 18.2 Å². The molecule has 5 heteroatoms. The molecule has 1 unspecified atom stereocenters. The third-order valence-corrected chi connectivity index (χ3v) is 4.25. The molecule has 1 aromatic carbocycles.